The van der Waals surface area contributed by atoms with Gasteiger partial charge in [-0.1, -0.05) is 35.3 Å². The summed E-state index contributed by atoms with van der Waals surface area (Å²) in [6.07, 6.45) is 2.08. The number of rotatable bonds is 8. The van der Waals surface area contributed by atoms with E-state index in [1.54, 1.807) is 38.5 Å². The molecular formula is C24H21Cl2N5O3. The van der Waals surface area contributed by atoms with Gasteiger partial charge in [-0.05, 0) is 70.4 Å². The largest absolute Gasteiger partial charge is 0.493 e. The summed E-state index contributed by atoms with van der Waals surface area (Å²) in [5, 5.41) is 15.3. The molecule has 0 radical (unpaired) electrons. The zero-order chi connectivity index (χ0) is 24.1. The molecule has 174 valence electrons. The van der Waals surface area contributed by atoms with Crippen molar-refractivity contribution < 1.29 is 14.3 Å². The zero-order valence-electron chi connectivity index (χ0n) is 18.5. The first-order valence-corrected chi connectivity index (χ1v) is 11.1. The average molecular weight is 498 g/mol. The number of methoxy groups -OCH3 is 2. The van der Waals surface area contributed by atoms with E-state index in [9.17, 15) is 4.79 Å². The van der Waals surface area contributed by atoms with E-state index in [0.717, 1.165) is 16.7 Å². The summed E-state index contributed by atoms with van der Waals surface area (Å²) in [4.78, 5) is 13.0. The van der Waals surface area contributed by atoms with Crippen molar-refractivity contribution in [2.24, 2.45) is 0 Å². The second kappa shape index (κ2) is 10.5. The third-order valence-corrected chi connectivity index (χ3v) is 5.73. The van der Waals surface area contributed by atoms with Crippen molar-refractivity contribution in [2.45, 2.75) is 6.42 Å². The van der Waals surface area contributed by atoms with Gasteiger partial charge in [-0.15, -0.1) is 5.10 Å². The normalized spacial score (nSPS) is 10.7. The number of aromatic nitrogens is 4. The fraction of sp³-hybridized carbons (Fsp3) is 0.167. The minimum Gasteiger partial charge on any atom is -0.493 e. The lowest BCUT2D eigenvalue weighted by atomic mass is 10.0. The number of halogens is 2. The van der Waals surface area contributed by atoms with Gasteiger partial charge in [-0.3, -0.25) is 4.79 Å². The maximum Gasteiger partial charge on any atom is 0.251 e. The topological polar surface area (TPSA) is 91.2 Å². The maximum absolute atomic E-state index is 13.0. The van der Waals surface area contributed by atoms with Crippen molar-refractivity contribution in [2.75, 3.05) is 20.8 Å². The molecule has 4 rings (SSSR count). The Bertz CT molecular complexity index is 1310. The van der Waals surface area contributed by atoms with Crippen LogP contribution in [0.15, 0.2) is 60.9 Å². The fourth-order valence-corrected chi connectivity index (χ4v) is 4.01. The second-order valence-corrected chi connectivity index (χ2v) is 8.19. The molecule has 3 aromatic carbocycles. The lowest BCUT2D eigenvalue weighted by Gasteiger charge is -2.12. The molecule has 8 nitrogen and oxygen atoms in total. The Morgan fingerprint density at radius 1 is 1.00 bits per heavy atom. The summed E-state index contributed by atoms with van der Waals surface area (Å²) in [5.41, 5.74) is 3.55. The molecule has 0 saturated heterocycles. The summed E-state index contributed by atoms with van der Waals surface area (Å²) in [5.74, 6) is 1.06. The minimum absolute atomic E-state index is 0.235. The van der Waals surface area contributed by atoms with Crippen molar-refractivity contribution in [1.82, 2.24) is 25.5 Å². The quantitative estimate of drug-likeness (QED) is 0.381. The molecule has 1 heterocycles. The number of tetrazole rings is 1. The highest BCUT2D eigenvalue weighted by molar-refractivity contribution is 6.36. The monoisotopic (exact) mass is 497 g/mol. The van der Waals surface area contributed by atoms with Crippen LogP contribution in [0.3, 0.4) is 0 Å². The Morgan fingerprint density at radius 3 is 2.53 bits per heavy atom. The van der Waals surface area contributed by atoms with Crippen LogP contribution in [-0.2, 0) is 6.42 Å². The molecule has 0 spiro atoms. The van der Waals surface area contributed by atoms with Crippen LogP contribution in [0.4, 0.5) is 0 Å². The van der Waals surface area contributed by atoms with Gasteiger partial charge in [0.25, 0.3) is 5.91 Å². The van der Waals surface area contributed by atoms with Crippen molar-refractivity contribution >= 4 is 29.1 Å². The summed E-state index contributed by atoms with van der Waals surface area (Å²) in [6, 6.07) is 16.2. The van der Waals surface area contributed by atoms with Crippen molar-refractivity contribution in [1.29, 1.82) is 0 Å². The number of ether oxygens (including phenoxy) is 2. The number of carbonyl (C=O) groups is 1. The van der Waals surface area contributed by atoms with Crippen LogP contribution in [0.2, 0.25) is 10.0 Å². The van der Waals surface area contributed by atoms with Crippen LogP contribution in [0.25, 0.3) is 16.8 Å². The molecule has 4 aromatic rings. The number of nitrogens with one attached hydrogen (secondary N) is 1. The second-order valence-electron chi connectivity index (χ2n) is 7.34. The Labute approximate surface area is 206 Å². The van der Waals surface area contributed by atoms with E-state index in [-0.39, 0.29) is 5.91 Å². The van der Waals surface area contributed by atoms with Gasteiger partial charge in [0.15, 0.2) is 11.5 Å². The molecule has 0 unspecified atom stereocenters. The number of benzene rings is 3. The number of hydrogen-bond acceptors (Lipinski definition) is 6. The van der Waals surface area contributed by atoms with Crippen LogP contribution in [0.5, 0.6) is 11.5 Å². The molecule has 0 saturated carbocycles. The standard InChI is InChI=1S/C24H21Cl2N5O3/c1-33-22-6-3-15(9-23(22)34-2)7-8-27-24(32)17-10-16(20-5-4-18(25)13-21(20)26)11-19(12-17)31-14-28-29-30-31/h3-6,9-14H,7-8H2,1-2H3,(H,27,32). The minimum atomic E-state index is -0.235. The van der Waals surface area contributed by atoms with Crippen LogP contribution >= 0.6 is 23.2 Å². The third-order valence-electron chi connectivity index (χ3n) is 5.18. The van der Waals surface area contributed by atoms with Gasteiger partial charge < -0.3 is 14.8 Å². The van der Waals surface area contributed by atoms with Gasteiger partial charge in [0, 0.05) is 27.7 Å². The SMILES string of the molecule is COc1ccc(CCNC(=O)c2cc(-c3ccc(Cl)cc3Cl)cc(-n3cnnn3)c2)cc1OC. The molecular weight excluding hydrogens is 477 g/mol. The number of amides is 1. The lowest BCUT2D eigenvalue weighted by molar-refractivity contribution is 0.0954. The number of nitrogens with zero attached hydrogens (tertiary/aromatic N) is 4. The predicted molar refractivity (Wildman–Crippen MR) is 130 cm³/mol. The molecule has 1 N–H and O–H groups in total. The van der Waals surface area contributed by atoms with Gasteiger partial charge in [0.1, 0.15) is 6.33 Å². The van der Waals surface area contributed by atoms with E-state index in [1.807, 2.05) is 30.3 Å². The molecule has 10 heteroatoms. The van der Waals surface area contributed by atoms with E-state index >= 15 is 0 Å². The van der Waals surface area contributed by atoms with Gasteiger partial charge in [0.2, 0.25) is 0 Å². The molecule has 0 atom stereocenters. The van der Waals surface area contributed by atoms with Crippen molar-refractivity contribution in [3.8, 4) is 28.3 Å². The average Bonchev–Trinajstić information content (AvgIpc) is 3.39. The Kier molecular flexibility index (Phi) is 7.30. The van der Waals surface area contributed by atoms with E-state index < -0.39 is 0 Å². The highest BCUT2D eigenvalue weighted by Crippen LogP contribution is 2.32. The molecule has 0 aliphatic rings. The number of hydrogen-bond donors (Lipinski definition) is 1. The first-order valence-electron chi connectivity index (χ1n) is 10.3. The summed E-state index contributed by atoms with van der Waals surface area (Å²) < 4.78 is 12.1. The first kappa shape index (κ1) is 23.5. The van der Waals surface area contributed by atoms with Crippen molar-refractivity contribution in [3.05, 3.63) is 82.1 Å². The zero-order valence-corrected chi connectivity index (χ0v) is 20.0. The molecule has 0 aliphatic heterocycles. The van der Waals surface area contributed by atoms with E-state index in [0.29, 0.717) is 45.8 Å². The highest BCUT2D eigenvalue weighted by atomic mass is 35.5. The summed E-state index contributed by atoms with van der Waals surface area (Å²) in [7, 11) is 3.18. The molecule has 34 heavy (non-hydrogen) atoms. The summed E-state index contributed by atoms with van der Waals surface area (Å²) >= 11 is 12.5. The van der Waals surface area contributed by atoms with E-state index in [2.05, 4.69) is 20.8 Å². The van der Waals surface area contributed by atoms with Gasteiger partial charge in [-0.2, -0.15) is 0 Å². The smallest absolute Gasteiger partial charge is 0.251 e. The van der Waals surface area contributed by atoms with E-state index in [4.69, 9.17) is 32.7 Å². The summed E-state index contributed by atoms with van der Waals surface area (Å²) in [6.45, 7) is 0.431. The maximum atomic E-state index is 13.0. The molecule has 0 aliphatic carbocycles. The molecule has 0 bridgehead atoms. The highest BCUT2D eigenvalue weighted by Gasteiger charge is 2.14. The third kappa shape index (κ3) is 5.30. The Hall–Kier alpha value is -3.62. The predicted octanol–water partition coefficient (Wildman–Crippen LogP) is 4.63. The van der Waals surface area contributed by atoms with Gasteiger partial charge in [-0.25, -0.2) is 4.68 Å². The lowest BCUT2D eigenvalue weighted by Crippen LogP contribution is -2.26. The van der Waals surface area contributed by atoms with Crippen LogP contribution in [0, 0.1) is 0 Å². The van der Waals surface area contributed by atoms with Crippen LogP contribution < -0.4 is 14.8 Å². The molecule has 1 aromatic heterocycles. The van der Waals surface area contributed by atoms with E-state index in [1.165, 1.54) is 11.0 Å². The molecule has 1 amide bonds. The Balaban J connectivity index is 1.56. The first-order chi connectivity index (χ1) is 16.5. The fourth-order valence-electron chi connectivity index (χ4n) is 3.49. The molecule has 0 fully saturated rings. The van der Waals surface area contributed by atoms with Gasteiger partial charge >= 0.3 is 0 Å². The van der Waals surface area contributed by atoms with Gasteiger partial charge in [0.05, 0.1) is 19.9 Å². The Morgan fingerprint density at radius 2 is 1.82 bits per heavy atom. The van der Waals surface area contributed by atoms with Crippen LogP contribution in [0.1, 0.15) is 15.9 Å². The van der Waals surface area contributed by atoms with Crippen LogP contribution in [-0.4, -0.2) is 46.9 Å². The van der Waals surface area contributed by atoms with Crippen molar-refractivity contribution in [3.63, 3.8) is 0 Å². The number of carbonyl (C=O) groups excluding carboxylic acids is 1.